The van der Waals surface area contributed by atoms with E-state index in [1.165, 1.54) is 22.3 Å². The van der Waals surface area contributed by atoms with Gasteiger partial charge in [0.1, 0.15) is 0 Å². The quantitative estimate of drug-likeness (QED) is 0.554. The van der Waals surface area contributed by atoms with Gasteiger partial charge in [0.15, 0.2) is 0 Å². The second-order valence-corrected chi connectivity index (χ2v) is 4.56. The molecule has 0 fully saturated rings. The first-order valence-corrected chi connectivity index (χ1v) is 5.74. The number of allylic oxidation sites excluding steroid dienone is 10. The number of hydrogen-bond acceptors (Lipinski definition) is 0. The first kappa shape index (κ1) is 14.7. The standard InChI is InChI=1S/C16H24/c1-13(2)9-7-10-15(5)11-8-12-16(6)14(3)4/h7-12H,1-6H3/b10-7-,12-8+,15-11+. The highest BCUT2D eigenvalue weighted by atomic mass is 13.9. The van der Waals surface area contributed by atoms with Gasteiger partial charge in [-0.15, -0.1) is 0 Å². The predicted octanol–water partition coefficient (Wildman–Crippen LogP) is 5.37. The Morgan fingerprint density at radius 1 is 0.688 bits per heavy atom. The minimum absolute atomic E-state index is 1.26. The molecule has 0 aromatic heterocycles. The molecule has 0 aliphatic rings. The molecule has 0 amide bonds. The van der Waals surface area contributed by atoms with Crippen molar-refractivity contribution in [3.63, 3.8) is 0 Å². The molecule has 0 rings (SSSR count). The van der Waals surface area contributed by atoms with E-state index < -0.39 is 0 Å². The molecule has 0 aromatic rings. The fourth-order valence-electron chi connectivity index (χ4n) is 0.959. The van der Waals surface area contributed by atoms with Crippen molar-refractivity contribution in [2.75, 3.05) is 0 Å². The molecule has 0 N–H and O–H groups in total. The van der Waals surface area contributed by atoms with E-state index in [1.54, 1.807) is 0 Å². The van der Waals surface area contributed by atoms with E-state index in [2.05, 4.69) is 78.0 Å². The first-order chi connectivity index (χ1) is 7.43. The van der Waals surface area contributed by atoms with Gasteiger partial charge >= 0.3 is 0 Å². The van der Waals surface area contributed by atoms with Gasteiger partial charge in [0.25, 0.3) is 0 Å². The van der Waals surface area contributed by atoms with Crippen molar-refractivity contribution < 1.29 is 0 Å². The highest BCUT2D eigenvalue weighted by Gasteiger charge is 1.83. The van der Waals surface area contributed by atoms with Crippen LogP contribution in [0, 0.1) is 0 Å². The van der Waals surface area contributed by atoms with Crippen LogP contribution in [0.1, 0.15) is 41.5 Å². The summed E-state index contributed by atoms with van der Waals surface area (Å²) >= 11 is 0. The summed E-state index contributed by atoms with van der Waals surface area (Å²) in [6.45, 7) is 12.7. The van der Waals surface area contributed by atoms with E-state index in [9.17, 15) is 0 Å². The van der Waals surface area contributed by atoms with Gasteiger partial charge < -0.3 is 0 Å². The Labute approximate surface area is 101 Å². The van der Waals surface area contributed by atoms with Gasteiger partial charge in [-0.1, -0.05) is 58.7 Å². The van der Waals surface area contributed by atoms with Crippen LogP contribution in [0.15, 0.2) is 58.7 Å². The lowest BCUT2D eigenvalue weighted by Crippen LogP contribution is -1.72. The molecule has 0 spiro atoms. The molecule has 0 saturated carbocycles. The normalized spacial score (nSPS) is 12.2. The third kappa shape index (κ3) is 8.05. The van der Waals surface area contributed by atoms with Gasteiger partial charge in [-0.25, -0.2) is 0 Å². The van der Waals surface area contributed by atoms with E-state index in [-0.39, 0.29) is 0 Å². The molecule has 0 unspecified atom stereocenters. The Morgan fingerprint density at radius 3 is 1.75 bits per heavy atom. The van der Waals surface area contributed by atoms with Crippen LogP contribution in [0.25, 0.3) is 0 Å². The van der Waals surface area contributed by atoms with E-state index in [4.69, 9.17) is 0 Å². The topological polar surface area (TPSA) is 0 Å². The van der Waals surface area contributed by atoms with Crippen molar-refractivity contribution in [2.24, 2.45) is 0 Å². The maximum atomic E-state index is 2.15. The average Bonchev–Trinajstić information content (AvgIpc) is 2.16. The molecule has 0 nitrogen and oxygen atoms in total. The molecule has 0 aliphatic heterocycles. The Hall–Kier alpha value is -1.30. The molecule has 0 atom stereocenters. The summed E-state index contributed by atoms with van der Waals surface area (Å²) in [4.78, 5) is 0. The smallest absolute Gasteiger partial charge is 0.0398 e. The maximum absolute atomic E-state index is 2.15. The predicted molar refractivity (Wildman–Crippen MR) is 75.5 cm³/mol. The highest BCUT2D eigenvalue weighted by molar-refractivity contribution is 5.29. The molecule has 0 heterocycles. The molecular formula is C16H24. The van der Waals surface area contributed by atoms with E-state index in [0.717, 1.165) is 0 Å². The Morgan fingerprint density at radius 2 is 1.25 bits per heavy atom. The molecular weight excluding hydrogens is 192 g/mol. The fourth-order valence-corrected chi connectivity index (χ4v) is 0.959. The molecule has 0 heteroatoms. The second kappa shape index (κ2) is 7.92. The van der Waals surface area contributed by atoms with Crippen LogP contribution in [0.3, 0.4) is 0 Å². The lowest BCUT2D eigenvalue weighted by molar-refractivity contribution is 1.29. The minimum Gasteiger partial charge on any atom is -0.0764 e. The van der Waals surface area contributed by atoms with Crippen LogP contribution >= 0.6 is 0 Å². The molecule has 0 saturated heterocycles. The van der Waals surface area contributed by atoms with Crippen LogP contribution in [0.2, 0.25) is 0 Å². The average molecular weight is 216 g/mol. The molecule has 0 aliphatic carbocycles. The van der Waals surface area contributed by atoms with Crippen LogP contribution in [-0.2, 0) is 0 Å². The van der Waals surface area contributed by atoms with Crippen LogP contribution in [0.4, 0.5) is 0 Å². The monoisotopic (exact) mass is 216 g/mol. The maximum Gasteiger partial charge on any atom is -0.0398 e. The summed E-state index contributed by atoms with van der Waals surface area (Å²) in [5.41, 5.74) is 5.27. The van der Waals surface area contributed by atoms with E-state index in [0.29, 0.717) is 0 Å². The summed E-state index contributed by atoms with van der Waals surface area (Å²) in [6, 6.07) is 0. The van der Waals surface area contributed by atoms with Gasteiger partial charge in [-0.2, -0.15) is 0 Å². The van der Waals surface area contributed by atoms with Crippen molar-refractivity contribution in [2.45, 2.75) is 41.5 Å². The largest absolute Gasteiger partial charge is 0.0764 e. The van der Waals surface area contributed by atoms with Crippen molar-refractivity contribution in [1.82, 2.24) is 0 Å². The van der Waals surface area contributed by atoms with Crippen molar-refractivity contribution >= 4 is 0 Å². The zero-order valence-electron chi connectivity index (χ0n) is 11.5. The van der Waals surface area contributed by atoms with Crippen LogP contribution < -0.4 is 0 Å². The fraction of sp³-hybridized carbons (Fsp3) is 0.375. The summed E-state index contributed by atoms with van der Waals surface area (Å²) in [7, 11) is 0. The van der Waals surface area contributed by atoms with Gasteiger partial charge in [-0.05, 0) is 41.5 Å². The first-order valence-electron chi connectivity index (χ1n) is 5.74. The van der Waals surface area contributed by atoms with Crippen molar-refractivity contribution in [3.8, 4) is 0 Å². The highest BCUT2D eigenvalue weighted by Crippen LogP contribution is 2.04. The van der Waals surface area contributed by atoms with Gasteiger partial charge in [0.2, 0.25) is 0 Å². The van der Waals surface area contributed by atoms with E-state index in [1.807, 2.05) is 0 Å². The zero-order chi connectivity index (χ0) is 12.6. The number of rotatable bonds is 4. The summed E-state index contributed by atoms with van der Waals surface area (Å²) < 4.78 is 0. The Balaban J connectivity index is 4.42. The summed E-state index contributed by atoms with van der Waals surface area (Å²) in [6.07, 6.45) is 12.7. The molecule has 16 heavy (non-hydrogen) atoms. The molecule has 0 radical (unpaired) electrons. The van der Waals surface area contributed by atoms with Crippen LogP contribution in [-0.4, -0.2) is 0 Å². The Kier molecular flexibility index (Phi) is 7.28. The second-order valence-electron chi connectivity index (χ2n) is 4.56. The Bertz CT molecular complexity index is 349. The summed E-state index contributed by atoms with van der Waals surface area (Å²) in [5.74, 6) is 0. The lowest BCUT2D eigenvalue weighted by Gasteiger charge is -1.93. The van der Waals surface area contributed by atoms with Gasteiger partial charge in [0.05, 0.1) is 0 Å². The third-order valence-electron chi connectivity index (χ3n) is 2.28. The zero-order valence-corrected chi connectivity index (χ0v) is 11.5. The van der Waals surface area contributed by atoms with Crippen molar-refractivity contribution in [3.05, 3.63) is 58.7 Å². The number of hydrogen-bond donors (Lipinski definition) is 0. The molecule has 0 aromatic carbocycles. The summed E-state index contributed by atoms with van der Waals surface area (Å²) in [5, 5.41) is 0. The SMILES string of the molecule is CC(C)=C\C=C/C(C)=C/C=C/C(C)=C(C)C. The molecule has 0 bridgehead atoms. The third-order valence-corrected chi connectivity index (χ3v) is 2.28. The van der Waals surface area contributed by atoms with Crippen molar-refractivity contribution in [1.29, 1.82) is 0 Å². The minimum atomic E-state index is 1.26. The van der Waals surface area contributed by atoms with E-state index >= 15 is 0 Å². The molecule has 88 valence electrons. The van der Waals surface area contributed by atoms with Gasteiger partial charge in [-0.3, -0.25) is 0 Å². The lowest BCUT2D eigenvalue weighted by atomic mass is 10.1. The van der Waals surface area contributed by atoms with Gasteiger partial charge in [0, 0.05) is 0 Å². The van der Waals surface area contributed by atoms with Crippen LogP contribution in [0.5, 0.6) is 0 Å².